The molecule has 0 aromatic heterocycles. The van der Waals surface area contributed by atoms with E-state index in [0.29, 0.717) is 19.2 Å². The van der Waals surface area contributed by atoms with Crippen molar-refractivity contribution < 1.29 is 18.4 Å². The molecule has 0 aliphatic heterocycles. The Hall–Kier alpha value is -1.76. The van der Waals surface area contributed by atoms with Crippen molar-refractivity contribution in [1.29, 1.82) is 0 Å². The highest BCUT2D eigenvalue weighted by molar-refractivity contribution is 5.62. The maximum atomic E-state index is 13.5. The molecule has 0 radical (unpaired) electrons. The SMILES string of the molecule is COCCC1(CNc2cc(F)cc(F)c2[N+](=O)[O-])CC1. The number of ether oxygens (including phenoxy) is 1. The van der Waals surface area contributed by atoms with E-state index in [-0.39, 0.29) is 11.1 Å². The fraction of sp³-hybridized carbons (Fsp3) is 0.538. The molecule has 0 bridgehead atoms. The van der Waals surface area contributed by atoms with E-state index in [4.69, 9.17) is 4.74 Å². The molecule has 7 heteroatoms. The van der Waals surface area contributed by atoms with E-state index in [2.05, 4.69) is 5.32 Å². The Labute approximate surface area is 115 Å². The standard InChI is InChI=1S/C13H16F2N2O3/c1-20-5-4-13(2-3-13)8-16-11-7-9(14)6-10(15)12(11)17(18)19/h6-7,16H,2-5,8H2,1H3. The predicted octanol–water partition coefficient (Wildman–Crippen LogP) is 3.10. The number of anilines is 1. The molecule has 0 spiro atoms. The van der Waals surface area contributed by atoms with Crippen molar-refractivity contribution in [3.8, 4) is 0 Å². The van der Waals surface area contributed by atoms with Gasteiger partial charge in [-0.05, 0) is 24.7 Å². The van der Waals surface area contributed by atoms with Crippen molar-refractivity contribution in [3.05, 3.63) is 33.9 Å². The van der Waals surface area contributed by atoms with Gasteiger partial charge in [0.2, 0.25) is 5.82 Å². The normalized spacial score (nSPS) is 15.9. The minimum Gasteiger partial charge on any atom is -0.385 e. The summed E-state index contributed by atoms with van der Waals surface area (Å²) >= 11 is 0. The molecule has 1 fully saturated rings. The molecule has 5 nitrogen and oxygen atoms in total. The Morgan fingerprint density at radius 2 is 2.15 bits per heavy atom. The number of nitro benzene ring substituents is 1. The number of nitro groups is 1. The zero-order valence-corrected chi connectivity index (χ0v) is 11.1. The number of methoxy groups -OCH3 is 1. The summed E-state index contributed by atoms with van der Waals surface area (Å²) in [6.45, 7) is 1.04. The van der Waals surface area contributed by atoms with Gasteiger partial charge in [0.15, 0.2) is 0 Å². The first-order valence-electron chi connectivity index (χ1n) is 6.34. The predicted molar refractivity (Wildman–Crippen MR) is 69.7 cm³/mol. The number of hydrogen-bond acceptors (Lipinski definition) is 4. The Morgan fingerprint density at radius 1 is 1.45 bits per heavy atom. The molecule has 0 heterocycles. The molecule has 0 unspecified atom stereocenters. The van der Waals surface area contributed by atoms with Gasteiger partial charge in [-0.15, -0.1) is 0 Å². The van der Waals surface area contributed by atoms with Crippen LogP contribution < -0.4 is 5.32 Å². The van der Waals surface area contributed by atoms with Crippen molar-refractivity contribution in [2.45, 2.75) is 19.3 Å². The van der Waals surface area contributed by atoms with Crippen LogP contribution in [0.25, 0.3) is 0 Å². The second kappa shape index (κ2) is 5.70. The molecule has 0 amide bonds. The fourth-order valence-corrected chi connectivity index (χ4v) is 2.18. The lowest BCUT2D eigenvalue weighted by molar-refractivity contribution is -0.386. The third-order valence-electron chi connectivity index (χ3n) is 3.66. The van der Waals surface area contributed by atoms with E-state index in [0.717, 1.165) is 25.3 Å². The van der Waals surface area contributed by atoms with Crippen LogP contribution in [0.5, 0.6) is 0 Å². The molecule has 1 aliphatic rings. The van der Waals surface area contributed by atoms with Gasteiger partial charge in [-0.1, -0.05) is 0 Å². The molecule has 0 atom stereocenters. The highest BCUT2D eigenvalue weighted by atomic mass is 19.1. The van der Waals surface area contributed by atoms with Crippen molar-refractivity contribution in [2.75, 3.05) is 25.6 Å². The highest BCUT2D eigenvalue weighted by Gasteiger charge is 2.42. The van der Waals surface area contributed by atoms with Gasteiger partial charge in [-0.3, -0.25) is 10.1 Å². The van der Waals surface area contributed by atoms with E-state index in [1.54, 1.807) is 7.11 Å². The van der Waals surface area contributed by atoms with Crippen LogP contribution >= 0.6 is 0 Å². The summed E-state index contributed by atoms with van der Waals surface area (Å²) in [4.78, 5) is 10.0. The van der Waals surface area contributed by atoms with Crippen LogP contribution in [-0.4, -0.2) is 25.2 Å². The maximum absolute atomic E-state index is 13.5. The molecule has 1 saturated carbocycles. The second-order valence-electron chi connectivity index (χ2n) is 5.14. The zero-order chi connectivity index (χ0) is 14.8. The minimum absolute atomic E-state index is 0.0205. The minimum atomic E-state index is -1.17. The number of hydrogen-bond donors (Lipinski definition) is 1. The van der Waals surface area contributed by atoms with Crippen LogP contribution in [0, 0.1) is 27.2 Å². The first-order valence-corrected chi connectivity index (χ1v) is 6.34. The number of nitrogens with one attached hydrogen (secondary N) is 1. The lowest BCUT2D eigenvalue weighted by Crippen LogP contribution is -2.18. The van der Waals surface area contributed by atoms with Crippen LogP contribution in [0.4, 0.5) is 20.2 Å². The lowest BCUT2D eigenvalue weighted by Gasteiger charge is -2.16. The largest absolute Gasteiger partial charge is 0.385 e. The van der Waals surface area contributed by atoms with Crippen LogP contribution in [0.2, 0.25) is 0 Å². The summed E-state index contributed by atoms with van der Waals surface area (Å²) in [5, 5.41) is 13.7. The van der Waals surface area contributed by atoms with E-state index < -0.39 is 22.2 Å². The van der Waals surface area contributed by atoms with Crippen molar-refractivity contribution >= 4 is 11.4 Å². The molecule has 20 heavy (non-hydrogen) atoms. The molecule has 1 aromatic rings. The van der Waals surface area contributed by atoms with Gasteiger partial charge in [0.1, 0.15) is 11.5 Å². The summed E-state index contributed by atoms with van der Waals surface area (Å²) in [6.07, 6.45) is 2.78. The third kappa shape index (κ3) is 3.22. The molecular weight excluding hydrogens is 270 g/mol. The highest BCUT2D eigenvalue weighted by Crippen LogP contribution is 2.49. The Morgan fingerprint density at radius 3 is 2.70 bits per heavy atom. The quantitative estimate of drug-likeness (QED) is 0.618. The molecule has 0 saturated heterocycles. The maximum Gasteiger partial charge on any atom is 0.327 e. The molecule has 2 rings (SSSR count). The van der Waals surface area contributed by atoms with Gasteiger partial charge >= 0.3 is 5.69 Å². The molecule has 1 aliphatic carbocycles. The zero-order valence-electron chi connectivity index (χ0n) is 11.1. The van der Waals surface area contributed by atoms with Crippen LogP contribution in [0.15, 0.2) is 12.1 Å². The number of benzene rings is 1. The van der Waals surface area contributed by atoms with Crippen molar-refractivity contribution in [2.24, 2.45) is 5.41 Å². The van der Waals surface area contributed by atoms with E-state index >= 15 is 0 Å². The third-order valence-corrected chi connectivity index (χ3v) is 3.66. The lowest BCUT2D eigenvalue weighted by atomic mass is 10.0. The van der Waals surface area contributed by atoms with Gasteiger partial charge < -0.3 is 10.1 Å². The summed E-state index contributed by atoms with van der Waals surface area (Å²) in [7, 11) is 1.61. The van der Waals surface area contributed by atoms with Gasteiger partial charge in [0, 0.05) is 32.4 Å². The number of halogens is 2. The number of rotatable bonds is 7. The van der Waals surface area contributed by atoms with Crippen LogP contribution in [0.1, 0.15) is 19.3 Å². The van der Waals surface area contributed by atoms with Gasteiger partial charge in [-0.2, -0.15) is 4.39 Å². The van der Waals surface area contributed by atoms with Gasteiger partial charge in [0.05, 0.1) is 4.92 Å². The molecule has 1 N–H and O–H groups in total. The topological polar surface area (TPSA) is 64.4 Å². The van der Waals surface area contributed by atoms with E-state index in [9.17, 15) is 18.9 Å². The number of nitrogens with zero attached hydrogens (tertiary/aromatic N) is 1. The Balaban J connectivity index is 2.11. The van der Waals surface area contributed by atoms with Crippen LogP contribution in [-0.2, 0) is 4.74 Å². The summed E-state index contributed by atoms with van der Waals surface area (Å²) < 4.78 is 31.7. The fourth-order valence-electron chi connectivity index (χ4n) is 2.18. The average molecular weight is 286 g/mol. The van der Waals surface area contributed by atoms with Crippen molar-refractivity contribution in [3.63, 3.8) is 0 Å². The van der Waals surface area contributed by atoms with Gasteiger partial charge in [0.25, 0.3) is 0 Å². The molecule has 110 valence electrons. The first kappa shape index (κ1) is 14.6. The van der Waals surface area contributed by atoms with E-state index in [1.165, 1.54) is 0 Å². The molecular formula is C13H16F2N2O3. The average Bonchev–Trinajstić information content (AvgIpc) is 3.13. The molecule has 1 aromatic carbocycles. The first-order chi connectivity index (χ1) is 9.47. The summed E-state index contributed by atoms with van der Waals surface area (Å²) in [5.74, 6) is -2.00. The van der Waals surface area contributed by atoms with Crippen molar-refractivity contribution in [1.82, 2.24) is 0 Å². The smallest absolute Gasteiger partial charge is 0.327 e. The van der Waals surface area contributed by atoms with Crippen LogP contribution in [0.3, 0.4) is 0 Å². The van der Waals surface area contributed by atoms with E-state index in [1.807, 2.05) is 0 Å². The van der Waals surface area contributed by atoms with Gasteiger partial charge in [-0.25, -0.2) is 4.39 Å². The Bertz CT molecular complexity index is 519. The Kier molecular flexibility index (Phi) is 4.17. The second-order valence-corrected chi connectivity index (χ2v) is 5.14. The summed E-state index contributed by atoms with van der Waals surface area (Å²) in [5.41, 5.74) is -0.808. The monoisotopic (exact) mass is 286 g/mol. The summed E-state index contributed by atoms with van der Waals surface area (Å²) in [6, 6.07) is 1.47.